The number of ether oxygens (including phenoxy) is 2. The van der Waals surface area contributed by atoms with Gasteiger partial charge in [0.25, 0.3) is 5.91 Å². The molecule has 2 aliphatic rings. The summed E-state index contributed by atoms with van der Waals surface area (Å²) in [6, 6.07) is 16.8. The SMILES string of the molecule is O=C(O[C@H](C(=O)N1CCCC1)c1ccccc1)c1ccc(C[NH+]2CCOCC2)cc1. The highest BCUT2D eigenvalue weighted by Gasteiger charge is 2.31. The van der Waals surface area contributed by atoms with Crippen LogP contribution < -0.4 is 4.90 Å². The van der Waals surface area contributed by atoms with E-state index in [2.05, 4.69) is 0 Å². The topological polar surface area (TPSA) is 60.3 Å². The van der Waals surface area contributed by atoms with Gasteiger partial charge in [-0.25, -0.2) is 4.79 Å². The van der Waals surface area contributed by atoms with Gasteiger partial charge in [0, 0.05) is 24.2 Å². The van der Waals surface area contributed by atoms with Crippen molar-refractivity contribution in [1.29, 1.82) is 0 Å². The number of morpholine rings is 1. The lowest BCUT2D eigenvalue weighted by Gasteiger charge is -2.24. The molecule has 0 bridgehead atoms. The fourth-order valence-electron chi connectivity index (χ4n) is 4.05. The summed E-state index contributed by atoms with van der Waals surface area (Å²) < 4.78 is 11.1. The Balaban J connectivity index is 1.44. The van der Waals surface area contributed by atoms with E-state index in [9.17, 15) is 9.59 Å². The van der Waals surface area contributed by atoms with Gasteiger partial charge in [0.15, 0.2) is 0 Å². The minimum absolute atomic E-state index is 0.139. The van der Waals surface area contributed by atoms with Crippen molar-refractivity contribution in [3.8, 4) is 0 Å². The predicted octanol–water partition coefficient (Wildman–Crippen LogP) is 1.62. The third kappa shape index (κ3) is 5.07. The van der Waals surface area contributed by atoms with Gasteiger partial charge in [-0.05, 0) is 25.0 Å². The molecule has 2 aromatic rings. The second-order valence-corrected chi connectivity index (χ2v) is 7.96. The molecule has 4 rings (SSSR count). The van der Waals surface area contributed by atoms with Crippen LogP contribution in [0.4, 0.5) is 0 Å². The van der Waals surface area contributed by atoms with Crippen molar-refractivity contribution in [2.45, 2.75) is 25.5 Å². The van der Waals surface area contributed by atoms with E-state index < -0.39 is 12.1 Å². The van der Waals surface area contributed by atoms with Gasteiger partial charge >= 0.3 is 5.97 Å². The fourth-order valence-corrected chi connectivity index (χ4v) is 4.05. The number of esters is 1. The van der Waals surface area contributed by atoms with Crippen molar-refractivity contribution in [3.63, 3.8) is 0 Å². The number of nitrogens with one attached hydrogen (secondary N) is 1. The van der Waals surface area contributed by atoms with E-state index in [1.165, 1.54) is 10.5 Å². The first kappa shape index (κ1) is 20.6. The van der Waals surface area contributed by atoms with E-state index in [0.717, 1.165) is 58.8 Å². The highest BCUT2D eigenvalue weighted by atomic mass is 16.5. The van der Waals surface area contributed by atoms with Crippen LogP contribution in [0.25, 0.3) is 0 Å². The summed E-state index contributed by atoms with van der Waals surface area (Å²) in [7, 11) is 0. The number of hydrogen-bond donors (Lipinski definition) is 1. The second-order valence-electron chi connectivity index (χ2n) is 7.96. The molecule has 2 aliphatic heterocycles. The third-order valence-electron chi connectivity index (χ3n) is 5.81. The highest BCUT2D eigenvalue weighted by molar-refractivity contribution is 5.92. The summed E-state index contributed by atoms with van der Waals surface area (Å²) in [5.41, 5.74) is 2.34. The smallest absolute Gasteiger partial charge is 0.339 e. The molecular formula is C24H29N2O4+. The van der Waals surface area contributed by atoms with Crippen LogP contribution in [0.3, 0.4) is 0 Å². The standard InChI is InChI=1S/C24H28N2O4/c27-23(26-12-4-5-13-26)22(20-6-2-1-3-7-20)30-24(28)21-10-8-19(9-11-21)18-25-14-16-29-17-15-25/h1-3,6-11,22H,4-5,12-18H2/p+1/t22-/m0/s1. The van der Waals surface area contributed by atoms with Gasteiger partial charge in [-0.3, -0.25) is 4.79 Å². The van der Waals surface area contributed by atoms with E-state index in [-0.39, 0.29) is 5.91 Å². The molecule has 0 unspecified atom stereocenters. The molecule has 1 amide bonds. The van der Waals surface area contributed by atoms with Crippen molar-refractivity contribution in [1.82, 2.24) is 4.90 Å². The molecule has 0 aromatic heterocycles. The first-order valence-electron chi connectivity index (χ1n) is 10.8. The minimum Gasteiger partial charge on any atom is -0.444 e. The van der Waals surface area contributed by atoms with Crippen LogP contribution >= 0.6 is 0 Å². The van der Waals surface area contributed by atoms with E-state index in [0.29, 0.717) is 11.1 Å². The minimum atomic E-state index is -0.908. The zero-order chi connectivity index (χ0) is 20.8. The molecule has 30 heavy (non-hydrogen) atoms. The average molecular weight is 410 g/mol. The second kappa shape index (κ2) is 9.87. The van der Waals surface area contributed by atoms with Crippen LogP contribution in [-0.2, 0) is 20.8 Å². The average Bonchev–Trinajstić information content (AvgIpc) is 3.34. The molecule has 2 aromatic carbocycles. The van der Waals surface area contributed by atoms with E-state index >= 15 is 0 Å². The van der Waals surface area contributed by atoms with Gasteiger partial charge in [-0.1, -0.05) is 42.5 Å². The predicted molar refractivity (Wildman–Crippen MR) is 112 cm³/mol. The summed E-state index contributed by atoms with van der Waals surface area (Å²) in [4.78, 5) is 29.1. The Labute approximate surface area is 177 Å². The van der Waals surface area contributed by atoms with Gasteiger partial charge in [-0.15, -0.1) is 0 Å². The maximum atomic E-state index is 13.0. The highest BCUT2D eigenvalue weighted by Crippen LogP contribution is 2.24. The largest absolute Gasteiger partial charge is 0.444 e. The number of carbonyl (C=O) groups is 2. The summed E-state index contributed by atoms with van der Waals surface area (Å²) in [5, 5.41) is 0. The molecule has 158 valence electrons. The lowest BCUT2D eigenvalue weighted by molar-refractivity contribution is -0.921. The molecule has 2 fully saturated rings. The Morgan fingerprint density at radius 2 is 1.63 bits per heavy atom. The Morgan fingerprint density at radius 3 is 2.30 bits per heavy atom. The van der Waals surface area contributed by atoms with Crippen molar-refractivity contribution in [3.05, 3.63) is 71.3 Å². The maximum Gasteiger partial charge on any atom is 0.339 e. The van der Waals surface area contributed by atoms with Crippen molar-refractivity contribution in [2.24, 2.45) is 0 Å². The molecule has 1 atom stereocenters. The lowest BCUT2D eigenvalue weighted by Crippen LogP contribution is -3.12. The number of carbonyl (C=O) groups excluding carboxylic acids is 2. The Hall–Kier alpha value is -2.70. The van der Waals surface area contributed by atoms with Crippen molar-refractivity contribution < 1.29 is 24.0 Å². The van der Waals surface area contributed by atoms with Gasteiger partial charge in [0.2, 0.25) is 6.10 Å². The first-order valence-corrected chi connectivity index (χ1v) is 10.8. The zero-order valence-corrected chi connectivity index (χ0v) is 17.2. The van der Waals surface area contributed by atoms with E-state index in [4.69, 9.17) is 9.47 Å². The first-order chi connectivity index (χ1) is 14.7. The quantitative estimate of drug-likeness (QED) is 0.737. The number of nitrogens with zero attached hydrogens (tertiary/aromatic N) is 1. The van der Waals surface area contributed by atoms with Crippen molar-refractivity contribution >= 4 is 11.9 Å². The monoisotopic (exact) mass is 409 g/mol. The molecule has 2 heterocycles. The van der Waals surface area contributed by atoms with Crippen molar-refractivity contribution in [2.75, 3.05) is 39.4 Å². The molecule has 0 radical (unpaired) electrons. The third-order valence-corrected chi connectivity index (χ3v) is 5.81. The van der Waals surface area contributed by atoms with Crippen LogP contribution in [0.2, 0.25) is 0 Å². The number of likely N-dealkylation sites (tertiary alicyclic amines) is 1. The number of rotatable bonds is 6. The molecule has 0 saturated carbocycles. The number of hydrogen-bond acceptors (Lipinski definition) is 4. The van der Waals surface area contributed by atoms with Crippen LogP contribution in [0.1, 0.15) is 40.4 Å². The van der Waals surface area contributed by atoms with Crippen LogP contribution in [0.5, 0.6) is 0 Å². The molecule has 6 heteroatoms. The van der Waals surface area contributed by atoms with Crippen LogP contribution in [0.15, 0.2) is 54.6 Å². The summed E-state index contributed by atoms with van der Waals surface area (Å²) in [6.07, 6.45) is 1.08. The maximum absolute atomic E-state index is 13.0. The van der Waals surface area contributed by atoms with Gasteiger partial charge in [-0.2, -0.15) is 0 Å². The normalized spacial score (nSPS) is 18.2. The Morgan fingerprint density at radius 1 is 0.967 bits per heavy atom. The molecule has 6 nitrogen and oxygen atoms in total. The molecule has 0 spiro atoms. The number of quaternary nitrogens is 1. The molecular weight excluding hydrogens is 380 g/mol. The fraction of sp³-hybridized carbons (Fsp3) is 0.417. The van der Waals surface area contributed by atoms with Gasteiger partial charge in [0.1, 0.15) is 19.6 Å². The Bertz CT molecular complexity index is 841. The molecule has 0 aliphatic carbocycles. The summed E-state index contributed by atoms with van der Waals surface area (Å²) in [6.45, 7) is 5.95. The number of amides is 1. The summed E-state index contributed by atoms with van der Waals surface area (Å²) in [5.74, 6) is -0.610. The van der Waals surface area contributed by atoms with Crippen LogP contribution in [-0.4, -0.2) is 56.2 Å². The van der Waals surface area contributed by atoms with Crippen LogP contribution in [0, 0.1) is 0 Å². The van der Waals surface area contributed by atoms with E-state index in [1.807, 2.05) is 42.5 Å². The molecule has 2 saturated heterocycles. The number of benzene rings is 2. The van der Waals surface area contributed by atoms with E-state index in [1.54, 1.807) is 17.0 Å². The van der Waals surface area contributed by atoms with Gasteiger partial charge < -0.3 is 19.3 Å². The lowest BCUT2D eigenvalue weighted by atomic mass is 10.1. The Kier molecular flexibility index (Phi) is 6.77. The zero-order valence-electron chi connectivity index (χ0n) is 17.2. The summed E-state index contributed by atoms with van der Waals surface area (Å²) >= 11 is 0. The molecule has 1 N–H and O–H groups in total. The van der Waals surface area contributed by atoms with Gasteiger partial charge in [0.05, 0.1) is 18.8 Å².